The zero-order valence-corrected chi connectivity index (χ0v) is 14.3. The van der Waals surface area contributed by atoms with E-state index in [9.17, 15) is 14.6 Å². The largest absolute Gasteiger partial charge is 0.385 e. The molecule has 2 N–H and O–H groups in total. The average Bonchev–Trinajstić information content (AvgIpc) is 2.69. The van der Waals surface area contributed by atoms with Gasteiger partial charge < -0.3 is 24.4 Å². The molecule has 3 rings (SSSR count). The van der Waals surface area contributed by atoms with E-state index in [0.717, 1.165) is 11.1 Å². The van der Waals surface area contributed by atoms with Crippen LogP contribution < -0.4 is 0 Å². The maximum Gasteiger partial charge on any atom is 0.184 e. The Morgan fingerprint density at radius 2 is 1.31 bits per heavy atom. The molecule has 0 aromatic heterocycles. The van der Waals surface area contributed by atoms with E-state index in [1.165, 1.54) is 0 Å². The van der Waals surface area contributed by atoms with Gasteiger partial charge in [-0.15, -0.1) is 0 Å². The van der Waals surface area contributed by atoms with Crippen LogP contribution in [0.1, 0.15) is 11.1 Å². The highest BCUT2D eigenvalue weighted by molar-refractivity contribution is 5.14. The van der Waals surface area contributed by atoms with E-state index >= 15 is 0 Å². The lowest BCUT2D eigenvalue weighted by Gasteiger charge is -2.41. The number of benzene rings is 2. The van der Waals surface area contributed by atoms with Crippen LogP contribution in [0.2, 0.25) is 0 Å². The third kappa shape index (κ3) is 4.66. The molecule has 1 saturated heterocycles. The van der Waals surface area contributed by atoms with Crippen molar-refractivity contribution in [1.29, 1.82) is 0 Å². The predicted molar refractivity (Wildman–Crippen MR) is 92.9 cm³/mol. The van der Waals surface area contributed by atoms with Gasteiger partial charge >= 0.3 is 0 Å². The molecule has 1 fully saturated rings. The summed E-state index contributed by atoms with van der Waals surface area (Å²) in [5, 5.41) is 20.2. The van der Waals surface area contributed by atoms with Crippen molar-refractivity contribution < 1.29 is 28.8 Å². The van der Waals surface area contributed by atoms with Crippen molar-refractivity contribution in [2.45, 2.75) is 43.9 Å². The zero-order chi connectivity index (χ0) is 18.4. The summed E-state index contributed by atoms with van der Waals surface area (Å²) < 4.78 is 30.2. The van der Waals surface area contributed by atoms with Gasteiger partial charge in [-0.25, -0.2) is 4.39 Å². The summed E-state index contributed by atoms with van der Waals surface area (Å²) in [6, 6.07) is 18.8. The standard InChI is InChI=1S/C20H23FO5/c21-11-16-18(24-12-14-7-3-1-4-8-14)19(17(22)20(23)26-16)25-13-15-9-5-2-6-10-15/h1-10,16-20,22-23H,11-13H2/t16-,17+,18-,19-,20+/m1/s1. The van der Waals surface area contributed by atoms with Crippen LogP contribution in [0.3, 0.4) is 0 Å². The Kier molecular flexibility index (Phi) is 6.71. The first-order valence-corrected chi connectivity index (χ1v) is 8.57. The van der Waals surface area contributed by atoms with Crippen LogP contribution in [0.4, 0.5) is 4.39 Å². The fourth-order valence-corrected chi connectivity index (χ4v) is 2.96. The molecule has 0 spiro atoms. The van der Waals surface area contributed by atoms with Gasteiger partial charge in [-0.05, 0) is 11.1 Å². The first-order chi connectivity index (χ1) is 12.7. The van der Waals surface area contributed by atoms with Gasteiger partial charge in [0, 0.05) is 0 Å². The van der Waals surface area contributed by atoms with Crippen molar-refractivity contribution >= 4 is 0 Å². The van der Waals surface area contributed by atoms with Crippen molar-refractivity contribution in [3.63, 3.8) is 0 Å². The topological polar surface area (TPSA) is 68.2 Å². The molecule has 1 heterocycles. The Hall–Kier alpha value is -1.83. The molecule has 1 aliphatic heterocycles. The summed E-state index contributed by atoms with van der Waals surface area (Å²) in [6.45, 7) is -0.423. The second-order valence-corrected chi connectivity index (χ2v) is 6.23. The normalized spacial score (nSPS) is 28.8. The average molecular weight is 362 g/mol. The summed E-state index contributed by atoms with van der Waals surface area (Å²) >= 11 is 0. The fourth-order valence-electron chi connectivity index (χ4n) is 2.96. The SMILES string of the molecule is O[C@H]1[C@@H](OCc2ccccc2)[C@H](OCc2ccccc2)[C@@H](CF)O[C@@H]1O. The molecule has 0 bridgehead atoms. The lowest BCUT2D eigenvalue weighted by atomic mass is 9.98. The van der Waals surface area contributed by atoms with E-state index in [2.05, 4.69) is 0 Å². The number of aliphatic hydroxyl groups excluding tert-OH is 2. The number of hydrogen-bond acceptors (Lipinski definition) is 5. The molecule has 0 unspecified atom stereocenters. The van der Waals surface area contributed by atoms with Crippen molar-refractivity contribution in [1.82, 2.24) is 0 Å². The maximum atomic E-state index is 13.4. The van der Waals surface area contributed by atoms with Gasteiger partial charge in [0.15, 0.2) is 6.29 Å². The molecular formula is C20H23FO5. The lowest BCUT2D eigenvalue weighted by molar-refractivity contribution is -0.302. The monoisotopic (exact) mass is 362 g/mol. The van der Waals surface area contributed by atoms with Crippen LogP contribution in [0.25, 0.3) is 0 Å². The zero-order valence-electron chi connectivity index (χ0n) is 14.3. The van der Waals surface area contributed by atoms with E-state index in [0.29, 0.717) is 0 Å². The van der Waals surface area contributed by atoms with Gasteiger partial charge in [-0.1, -0.05) is 60.7 Å². The molecule has 5 nitrogen and oxygen atoms in total. The smallest absolute Gasteiger partial charge is 0.184 e. The number of aliphatic hydroxyl groups is 2. The van der Waals surface area contributed by atoms with Crippen molar-refractivity contribution in [2.75, 3.05) is 6.67 Å². The minimum atomic E-state index is -1.52. The van der Waals surface area contributed by atoms with Gasteiger partial charge in [0.1, 0.15) is 31.1 Å². The predicted octanol–water partition coefficient (Wildman–Crippen LogP) is 2.20. The Morgan fingerprint density at radius 1 is 0.808 bits per heavy atom. The Morgan fingerprint density at radius 3 is 1.81 bits per heavy atom. The number of halogens is 1. The summed E-state index contributed by atoms with van der Waals surface area (Å²) in [4.78, 5) is 0. The molecule has 0 saturated carbocycles. The van der Waals surface area contributed by atoms with Crippen LogP contribution in [0, 0.1) is 0 Å². The van der Waals surface area contributed by atoms with Gasteiger partial charge in [0.2, 0.25) is 0 Å². The molecule has 26 heavy (non-hydrogen) atoms. The van der Waals surface area contributed by atoms with Crippen molar-refractivity contribution in [2.24, 2.45) is 0 Å². The summed E-state index contributed by atoms with van der Waals surface area (Å²) in [6.07, 6.45) is -5.63. The highest BCUT2D eigenvalue weighted by Gasteiger charge is 2.46. The molecule has 0 amide bonds. The van der Waals surface area contributed by atoms with Gasteiger partial charge in [-0.3, -0.25) is 0 Å². The van der Waals surface area contributed by atoms with E-state index in [-0.39, 0.29) is 13.2 Å². The quantitative estimate of drug-likeness (QED) is 0.790. The third-order valence-corrected chi connectivity index (χ3v) is 4.36. The number of alkyl halides is 1. The van der Waals surface area contributed by atoms with Crippen molar-refractivity contribution in [3.05, 3.63) is 71.8 Å². The van der Waals surface area contributed by atoms with E-state index in [1.54, 1.807) is 0 Å². The van der Waals surface area contributed by atoms with Crippen LogP contribution >= 0.6 is 0 Å². The summed E-state index contributed by atoms with van der Waals surface area (Å²) in [7, 11) is 0. The minimum Gasteiger partial charge on any atom is -0.385 e. The van der Waals surface area contributed by atoms with Crippen LogP contribution in [-0.4, -0.2) is 47.6 Å². The third-order valence-electron chi connectivity index (χ3n) is 4.36. The molecule has 6 heteroatoms. The minimum absolute atomic E-state index is 0.208. The molecule has 5 atom stereocenters. The molecule has 140 valence electrons. The Labute approximate surface area is 151 Å². The Bertz CT molecular complexity index is 610. The molecule has 2 aromatic carbocycles. The Balaban J connectivity index is 1.71. The first kappa shape index (κ1) is 18.9. The second-order valence-electron chi connectivity index (χ2n) is 6.23. The number of hydrogen-bond donors (Lipinski definition) is 2. The summed E-state index contributed by atoms with van der Waals surface area (Å²) in [5.41, 5.74) is 1.81. The van der Waals surface area contributed by atoms with Gasteiger partial charge in [0.25, 0.3) is 0 Å². The highest BCUT2D eigenvalue weighted by Crippen LogP contribution is 2.27. The van der Waals surface area contributed by atoms with E-state index in [1.807, 2.05) is 60.7 Å². The van der Waals surface area contributed by atoms with E-state index in [4.69, 9.17) is 14.2 Å². The van der Waals surface area contributed by atoms with Crippen LogP contribution in [-0.2, 0) is 27.4 Å². The molecule has 0 aliphatic carbocycles. The fraction of sp³-hybridized carbons (Fsp3) is 0.400. The lowest BCUT2D eigenvalue weighted by Crippen LogP contribution is -2.59. The van der Waals surface area contributed by atoms with Crippen molar-refractivity contribution in [3.8, 4) is 0 Å². The molecule has 1 aliphatic rings. The maximum absolute atomic E-state index is 13.4. The number of rotatable bonds is 7. The summed E-state index contributed by atoms with van der Waals surface area (Å²) in [5.74, 6) is 0. The number of ether oxygens (including phenoxy) is 3. The molecular weight excluding hydrogens is 339 g/mol. The van der Waals surface area contributed by atoms with Gasteiger partial charge in [-0.2, -0.15) is 0 Å². The van der Waals surface area contributed by atoms with E-state index < -0.39 is 37.4 Å². The van der Waals surface area contributed by atoms with Gasteiger partial charge in [0.05, 0.1) is 13.2 Å². The molecule has 0 radical (unpaired) electrons. The second kappa shape index (κ2) is 9.21. The molecule has 2 aromatic rings. The highest BCUT2D eigenvalue weighted by atomic mass is 19.1. The first-order valence-electron chi connectivity index (χ1n) is 8.57. The van der Waals surface area contributed by atoms with Crippen LogP contribution in [0.15, 0.2) is 60.7 Å². The van der Waals surface area contributed by atoms with Crippen LogP contribution in [0.5, 0.6) is 0 Å².